The number of primary amides is 2. The highest BCUT2D eigenvalue weighted by Crippen LogP contribution is 2.04. The summed E-state index contributed by atoms with van der Waals surface area (Å²) in [5.41, 5.74) is 9.88. The first-order valence-electron chi connectivity index (χ1n) is 4.19. The van der Waals surface area contributed by atoms with Crippen LogP contribution in [0.5, 0.6) is 0 Å². The molecule has 0 heterocycles. The second-order valence-electron chi connectivity index (χ2n) is 2.85. The summed E-state index contributed by atoms with van der Waals surface area (Å²) in [5, 5.41) is 0. The van der Waals surface area contributed by atoms with Gasteiger partial charge in [-0.1, -0.05) is 12.8 Å². The SMILES string of the molecule is NC(=O)CCCCCCC(N)=O.[HH].[HH]. The lowest BCUT2D eigenvalue weighted by Crippen LogP contribution is -2.10. The van der Waals surface area contributed by atoms with E-state index < -0.39 is 0 Å². The standard InChI is InChI=1S/C8H16N2O2.2H2/c9-7(11)5-3-1-2-4-6-8(10)12;;/h1-6H2,(H2,9,11)(H2,10,12);2*1H. The molecule has 0 atom stereocenters. The van der Waals surface area contributed by atoms with Crippen molar-refractivity contribution < 1.29 is 12.4 Å². The minimum absolute atomic E-state index is 0. The first-order valence-corrected chi connectivity index (χ1v) is 4.19. The van der Waals surface area contributed by atoms with Crippen molar-refractivity contribution in [1.29, 1.82) is 0 Å². The predicted molar refractivity (Wildman–Crippen MR) is 50.3 cm³/mol. The van der Waals surface area contributed by atoms with Gasteiger partial charge in [-0.15, -0.1) is 0 Å². The van der Waals surface area contributed by atoms with E-state index in [-0.39, 0.29) is 14.7 Å². The smallest absolute Gasteiger partial charge is 0.217 e. The van der Waals surface area contributed by atoms with E-state index in [9.17, 15) is 9.59 Å². The highest BCUT2D eigenvalue weighted by Gasteiger charge is 1.96. The lowest BCUT2D eigenvalue weighted by Gasteiger charge is -1.97. The van der Waals surface area contributed by atoms with Gasteiger partial charge in [-0.2, -0.15) is 0 Å². The number of unbranched alkanes of at least 4 members (excludes halogenated alkanes) is 3. The van der Waals surface area contributed by atoms with Crippen LogP contribution in [-0.4, -0.2) is 11.8 Å². The molecule has 0 radical (unpaired) electrons. The first-order chi connectivity index (χ1) is 5.63. The zero-order valence-corrected chi connectivity index (χ0v) is 7.21. The molecule has 0 aliphatic carbocycles. The third kappa shape index (κ3) is 8.94. The highest BCUT2D eigenvalue weighted by molar-refractivity contribution is 5.73. The van der Waals surface area contributed by atoms with Crippen molar-refractivity contribution in [2.24, 2.45) is 11.5 Å². The summed E-state index contributed by atoms with van der Waals surface area (Å²) in [6.07, 6.45) is 4.39. The second kappa shape index (κ2) is 6.64. The van der Waals surface area contributed by atoms with E-state index in [1.54, 1.807) is 0 Å². The number of carbonyl (C=O) groups excluding carboxylic acids is 2. The van der Waals surface area contributed by atoms with Crippen LogP contribution in [0, 0.1) is 0 Å². The molecule has 0 aromatic heterocycles. The van der Waals surface area contributed by atoms with Gasteiger partial charge in [-0.25, -0.2) is 0 Å². The molecule has 0 aromatic rings. The Labute approximate surface area is 75.3 Å². The van der Waals surface area contributed by atoms with Crippen LogP contribution in [0.3, 0.4) is 0 Å². The van der Waals surface area contributed by atoms with Crippen LogP contribution >= 0.6 is 0 Å². The van der Waals surface area contributed by atoms with Crippen LogP contribution in [-0.2, 0) is 9.59 Å². The normalized spacial score (nSPS) is 9.67. The lowest BCUT2D eigenvalue weighted by atomic mass is 10.1. The van der Waals surface area contributed by atoms with Gasteiger partial charge in [0.15, 0.2) is 0 Å². The molecular weight excluding hydrogens is 156 g/mol. The number of hydrogen-bond donors (Lipinski definition) is 2. The molecule has 0 unspecified atom stereocenters. The van der Waals surface area contributed by atoms with E-state index in [1.165, 1.54) is 0 Å². The fraction of sp³-hybridized carbons (Fsp3) is 0.750. The zero-order valence-electron chi connectivity index (χ0n) is 7.21. The maximum absolute atomic E-state index is 10.3. The maximum Gasteiger partial charge on any atom is 0.217 e. The Kier molecular flexibility index (Phi) is 6.05. The molecule has 0 bridgehead atoms. The molecule has 0 spiro atoms. The molecule has 0 aromatic carbocycles. The van der Waals surface area contributed by atoms with Crippen molar-refractivity contribution >= 4 is 11.8 Å². The number of rotatable bonds is 7. The molecule has 0 saturated carbocycles. The lowest BCUT2D eigenvalue weighted by molar-refractivity contribution is -0.119. The number of nitrogens with two attached hydrogens (primary N) is 2. The average Bonchev–Trinajstić information content (AvgIpc) is 1.95. The number of carbonyl (C=O) groups is 2. The van der Waals surface area contributed by atoms with Gasteiger partial charge in [0.1, 0.15) is 0 Å². The van der Waals surface area contributed by atoms with E-state index >= 15 is 0 Å². The fourth-order valence-electron chi connectivity index (χ4n) is 0.952. The first kappa shape index (κ1) is 10.9. The summed E-state index contributed by atoms with van der Waals surface area (Å²) in [7, 11) is 0. The summed E-state index contributed by atoms with van der Waals surface area (Å²) >= 11 is 0. The molecule has 2 amide bonds. The minimum Gasteiger partial charge on any atom is -0.370 e. The van der Waals surface area contributed by atoms with Crippen LogP contribution in [0.1, 0.15) is 41.4 Å². The Bertz CT molecular complexity index is 147. The molecule has 4 heteroatoms. The maximum atomic E-state index is 10.3. The number of amides is 2. The molecule has 0 rings (SSSR count). The van der Waals surface area contributed by atoms with Gasteiger partial charge >= 0.3 is 0 Å². The molecule has 74 valence electrons. The van der Waals surface area contributed by atoms with E-state index in [0.717, 1.165) is 25.7 Å². The Morgan fingerprint density at radius 3 is 1.42 bits per heavy atom. The summed E-state index contributed by atoms with van der Waals surface area (Å²) < 4.78 is 0. The topological polar surface area (TPSA) is 86.2 Å². The predicted octanol–water partition coefficient (Wildman–Crippen LogP) is 0.790. The summed E-state index contributed by atoms with van der Waals surface area (Å²) in [4.78, 5) is 20.6. The Balaban J connectivity index is -0.000000605. The quantitative estimate of drug-likeness (QED) is 0.562. The summed E-state index contributed by atoms with van der Waals surface area (Å²) in [5.74, 6) is -0.519. The van der Waals surface area contributed by atoms with E-state index in [4.69, 9.17) is 11.5 Å². The second-order valence-corrected chi connectivity index (χ2v) is 2.85. The third-order valence-electron chi connectivity index (χ3n) is 1.60. The zero-order chi connectivity index (χ0) is 9.40. The minimum atomic E-state index is -0.259. The fourth-order valence-corrected chi connectivity index (χ4v) is 0.952. The van der Waals surface area contributed by atoms with Gasteiger partial charge in [-0.3, -0.25) is 9.59 Å². The molecule has 4 nitrogen and oxygen atoms in total. The molecular formula is C8H20N2O2. The van der Waals surface area contributed by atoms with Crippen molar-refractivity contribution in [2.45, 2.75) is 38.5 Å². The molecule has 12 heavy (non-hydrogen) atoms. The van der Waals surface area contributed by atoms with E-state index in [2.05, 4.69) is 0 Å². The molecule has 0 aliphatic rings. The third-order valence-corrected chi connectivity index (χ3v) is 1.60. The molecule has 0 fully saturated rings. The number of hydrogen-bond acceptors (Lipinski definition) is 2. The van der Waals surface area contributed by atoms with Crippen LogP contribution in [0.4, 0.5) is 0 Å². The van der Waals surface area contributed by atoms with Gasteiger partial charge < -0.3 is 11.5 Å². The van der Waals surface area contributed by atoms with Gasteiger partial charge in [0.25, 0.3) is 0 Å². The van der Waals surface area contributed by atoms with Crippen LogP contribution in [0.25, 0.3) is 0 Å². The largest absolute Gasteiger partial charge is 0.370 e. The van der Waals surface area contributed by atoms with Crippen LogP contribution < -0.4 is 11.5 Å². The Morgan fingerprint density at radius 2 is 1.17 bits per heavy atom. The van der Waals surface area contributed by atoms with Gasteiger partial charge in [0.05, 0.1) is 0 Å². The van der Waals surface area contributed by atoms with Crippen molar-refractivity contribution in [3.05, 3.63) is 0 Å². The summed E-state index contributed by atoms with van der Waals surface area (Å²) in [6, 6.07) is 0. The average molecular weight is 176 g/mol. The molecule has 0 saturated heterocycles. The Morgan fingerprint density at radius 1 is 0.833 bits per heavy atom. The van der Waals surface area contributed by atoms with E-state index in [1.807, 2.05) is 0 Å². The van der Waals surface area contributed by atoms with Crippen molar-refractivity contribution in [1.82, 2.24) is 0 Å². The monoisotopic (exact) mass is 176 g/mol. The van der Waals surface area contributed by atoms with Crippen molar-refractivity contribution in [2.75, 3.05) is 0 Å². The van der Waals surface area contributed by atoms with E-state index in [0.29, 0.717) is 12.8 Å². The van der Waals surface area contributed by atoms with Gasteiger partial charge in [0.2, 0.25) is 11.8 Å². The van der Waals surface area contributed by atoms with Crippen LogP contribution in [0.15, 0.2) is 0 Å². The van der Waals surface area contributed by atoms with Gasteiger partial charge in [0, 0.05) is 15.7 Å². The van der Waals surface area contributed by atoms with Crippen molar-refractivity contribution in [3.63, 3.8) is 0 Å². The molecule has 4 N–H and O–H groups in total. The van der Waals surface area contributed by atoms with Crippen molar-refractivity contribution in [3.8, 4) is 0 Å². The Hall–Kier alpha value is -1.06. The summed E-state index contributed by atoms with van der Waals surface area (Å²) in [6.45, 7) is 0. The van der Waals surface area contributed by atoms with Gasteiger partial charge in [-0.05, 0) is 12.8 Å². The van der Waals surface area contributed by atoms with Crippen LogP contribution in [0.2, 0.25) is 0 Å². The highest BCUT2D eigenvalue weighted by atomic mass is 16.1. The molecule has 0 aliphatic heterocycles.